The van der Waals surface area contributed by atoms with Crippen LogP contribution in [0.25, 0.3) is 0 Å². The van der Waals surface area contributed by atoms with Crippen molar-refractivity contribution < 1.29 is 0 Å². The largest absolute Gasteiger partial charge is 0.316 e. The molecule has 3 unspecified atom stereocenters. The molecule has 17 heavy (non-hydrogen) atoms. The Bertz CT molecular complexity index is 227. The average Bonchev–Trinajstić information content (AvgIpc) is 2.70. The van der Waals surface area contributed by atoms with Gasteiger partial charge in [0.2, 0.25) is 0 Å². The molecule has 1 aliphatic carbocycles. The quantitative estimate of drug-likeness (QED) is 0.765. The second kappa shape index (κ2) is 6.19. The van der Waals surface area contributed by atoms with E-state index in [4.69, 9.17) is 0 Å². The van der Waals surface area contributed by atoms with E-state index in [1.807, 2.05) is 0 Å². The second-order valence-corrected chi connectivity index (χ2v) is 6.40. The predicted octanol–water partition coefficient (Wildman–Crippen LogP) is 2.89. The zero-order chi connectivity index (χ0) is 12.3. The van der Waals surface area contributed by atoms with Crippen LogP contribution in [0.15, 0.2) is 0 Å². The second-order valence-electron chi connectivity index (χ2n) is 6.40. The standard InChI is InChI=1S/C15H30N2/c1-4-14-6-5-9-17(14)15-8-7-13(15)11-16-10-12(2)3/h12-16H,4-11H2,1-3H3. The van der Waals surface area contributed by atoms with Gasteiger partial charge in [-0.3, -0.25) is 4.90 Å². The summed E-state index contributed by atoms with van der Waals surface area (Å²) in [6.45, 7) is 10.7. The summed E-state index contributed by atoms with van der Waals surface area (Å²) < 4.78 is 0. The minimum atomic E-state index is 0.781. The van der Waals surface area contributed by atoms with Gasteiger partial charge in [-0.2, -0.15) is 0 Å². The first kappa shape index (κ1) is 13.4. The molecule has 2 heteroatoms. The van der Waals surface area contributed by atoms with Crippen LogP contribution in [0.4, 0.5) is 0 Å². The van der Waals surface area contributed by atoms with Crippen LogP contribution in [0.3, 0.4) is 0 Å². The molecule has 0 spiro atoms. The highest BCUT2D eigenvalue weighted by atomic mass is 15.2. The maximum Gasteiger partial charge on any atom is 0.0139 e. The lowest BCUT2D eigenvalue weighted by molar-refractivity contribution is 0.0502. The first-order valence-electron chi connectivity index (χ1n) is 7.68. The van der Waals surface area contributed by atoms with Gasteiger partial charge in [0.25, 0.3) is 0 Å². The maximum absolute atomic E-state index is 3.65. The number of rotatable bonds is 6. The van der Waals surface area contributed by atoms with Crippen molar-refractivity contribution in [1.82, 2.24) is 10.2 Å². The van der Waals surface area contributed by atoms with Gasteiger partial charge in [0.15, 0.2) is 0 Å². The lowest BCUT2D eigenvalue weighted by Gasteiger charge is -2.45. The minimum Gasteiger partial charge on any atom is -0.316 e. The van der Waals surface area contributed by atoms with Crippen LogP contribution in [0.2, 0.25) is 0 Å². The van der Waals surface area contributed by atoms with Gasteiger partial charge in [0.1, 0.15) is 0 Å². The van der Waals surface area contributed by atoms with Crippen LogP contribution in [-0.2, 0) is 0 Å². The normalized spacial score (nSPS) is 34.2. The van der Waals surface area contributed by atoms with Gasteiger partial charge in [-0.05, 0) is 63.6 Å². The van der Waals surface area contributed by atoms with Crippen molar-refractivity contribution in [3.63, 3.8) is 0 Å². The van der Waals surface area contributed by atoms with E-state index < -0.39 is 0 Å². The SMILES string of the molecule is CCC1CCCN1C1CCC1CNCC(C)C. The van der Waals surface area contributed by atoms with Crippen molar-refractivity contribution in [2.75, 3.05) is 19.6 Å². The molecule has 0 radical (unpaired) electrons. The zero-order valence-electron chi connectivity index (χ0n) is 11.9. The molecule has 2 nitrogen and oxygen atoms in total. The topological polar surface area (TPSA) is 15.3 Å². The third-order valence-corrected chi connectivity index (χ3v) is 4.66. The Morgan fingerprint density at radius 1 is 1.24 bits per heavy atom. The average molecular weight is 238 g/mol. The molecule has 0 aromatic heterocycles. The molecule has 1 aliphatic heterocycles. The van der Waals surface area contributed by atoms with Crippen LogP contribution >= 0.6 is 0 Å². The van der Waals surface area contributed by atoms with Gasteiger partial charge in [0, 0.05) is 12.1 Å². The van der Waals surface area contributed by atoms with E-state index in [0.717, 1.165) is 23.9 Å². The zero-order valence-corrected chi connectivity index (χ0v) is 11.9. The maximum atomic E-state index is 3.65. The van der Waals surface area contributed by atoms with Crippen molar-refractivity contribution >= 4 is 0 Å². The minimum absolute atomic E-state index is 0.781. The number of nitrogens with one attached hydrogen (secondary N) is 1. The third-order valence-electron chi connectivity index (χ3n) is 4.66. The Morgan fingerprint density at radius 2 is 2.06 bits per heavy atom. The monoisotopic (exact) mass is 238 g/mol. The van der Waals surface area contributed by atoms with E-state index in [1.54, 1.807) is 0 Å². The number of hydrogen-bond acceptors (Lipinski definition) is 2. The van der Waals surface area contributed by atoms with Gasteiger partial charge in [-0.25, -0.2) is 0 Å². The van der Waals surface area contributed by atoms with Gasteiger partial charge >= 0.3 is 0 Å². The molecule has 2 aliphatic rings. The fraction of sp³-hybridized carbons (Fsp3) is 1.00. The molecule has 1 N–H and O–H groups in total. The lowest BCUT2D eigenvalue weighted by atomic mass is 9.78. The Kier molecular flexibility index (Phi) is 4.87. The van der Waals surface area contributed by atoms with E-state index in [-0.39, 0.29) is 0 Å². The van der Waals surface area contributed by atoms with Crippen LogP contribution in [0, 0.1) is 11.8 Å². The van der Waals surface area contributed by atoms with Crippen molar-refractivity contribution in [3.05, 3.63) is 0 Å². The van der Waals surface area contributed by atoms with E-state index in [9.17, 15) is 0 Å². The highest BCUT2D eigenvalue weighted by Gasteiger charge is 2.39. The molecule has 0 aromatic carbocycles. The summed E-state index contributed by atoms with van der Waals surface area (Å²) in [5, 5.41) is 3.65. The molecule has 2 rings (SSSR count). The molecule has 0 aromatic rings. The van der Waals surface area contributed by atoms with Crippen molar-refractivity contribution in [2.24, 2.45) is 11.8 Å². The number of nitrogens with zero attached hydrogens (tertiary/aromatic N) is 1. The first-order valence-corrected chi connectivity index (χ1v) is 7.68. The van der Waals surface area contributed by atoms with E-state index in [1.165, 1.54) is 51.7 Å². The number of hydrogen-bond donors (Lipinski definition) is 1. The fourth-order valence-electron chi connectivity index (χ4n) is 3.52. The fourth-order valence-corrected chi connectivity index (χ4v) is 3.52. The Balaban J connectivity index is 1.74. The molecule has 3 atom stereocenters. The van der Waals surface area contributed by atoms with E-state index in [0.29, 0.717) is 0 Å². The van der Waals surface area contributed by atoms with Crippen LogP contribution in [-0.4, -0.2) is 36.6 Å². The number of likely N-dealkylation sites (tertiary alicyclic amines) is 1. The molecule has 1 saturated carbocycles. The summed E-state index contributed by atoms with van der Waals surface area (Å²) in [5.41, 5.74) is 0. The summed E-state index contributed by atoms with van der Waals surface area (Å²) in [5.74, 6) is 1.71. The third kappa shape index (κ3) is 3.23. The van der Waals surface area contributed by atoms with E-state index in [2.05, 4.69) is 31.0 Å². The summed E-state index contributed by atoms with van der Waals surface area (Å²) >= 11 is 0. The summed E-state index contributed by atoms with van der Waals surface area (Å²) in [6.07, 6.45) is 7.12. The van der Waals surface area contributed by atoms with Crippen molar-refractivity contribution in [1.29, 1.82) is 0 Å². The highest BCUT2D eigenvalue weighted by Crippen LogP contribution is 2.36. The summed E-state index contributed by atoms with van der Waals surface area (Å²) in [6, 6.07) is 1.80. The van der Waals surface area contributed by atoms with Gasteiger partial charge in [-0.1, -0.05) is 20.8 Å². The summed E-state index contributed by atoms with van der Waals surface area (Å²) in [7, 11) is 0. The first-order chi connectivity index (χ1) is 8.22. The predicted molar refractivity (Wildman–Crippen MR) is 74.2 cm³/mol. The van der Waals surface area contributed by atoms with Crippen LogP contribution < -0.4 is 5.32 Å². The molecular formula is C15H30N2. The molecule has 0 bridgehead atoms. The van der Waals surface area contributed by atoms with Crippen LogP contribution in [0.1, 0.15) is 52.9 Å². The molecule has 0 amide bonds. The summed E-state index contributed by atoms with van der Waals surface area (Å²) in [4.78, 5) is 2.82. The molecule has 1 heterocycles. The van der Waals surface area contributed by atoms with Gasteiger partial charge in [0.05, 0.1) is 0 Å². The molecule has 1 saturated heterocycles. The highest BCUT2D eigenvalue weighted by molar-refractivity contribution is 4.94. The molecule has 2 fully saturated rings. The van der Waals surface area contributed by atoms with Gasteiger partial charge < -0.3 is 5.32 Å². The van der Waals surface area contributed by atoms with Crippen molar-refractivity contribution in [2.45, 2.75) is 65.0 Å². The van der Waals surface area contributed by atoms with Gasteiger partial charge in [-0.15, -0.1) is 0 Å². The van der Waals surface area contributed by atoms with Crippen molar-refractivity contribution in [3.8, 4) is 0 Å². The lowest BCUT2D eigenvalue weighted by Crippen LogP contribution is -2.52. The van der Waals surface area contributed by atoms with E-state index >= 15 is 0 Å². The Hall–Kier alpha value is -0.0800. The van der Waals surface area contributed by atoms with Crippen LogP contribution in [0.5, 0.6) is 0 Å². The smallest absolute Gasteiger partial charge is 0.0139 e. The molecule has 100 valence electrons. The molecular weight excluding hydrogens is 208 g/mol. The Morgan fingerprint density at radius 3 is 2.65 bits per heavy atom. The Labute approximate surface area is 107 Å².